The smallest absolute Gasteiger partial charge is 0.345 e. The third-order valence-electron chi connectivity index (χ3n) is 1.19. The van der Waals surface area contributed by atoms with Crippen molar-refractivity contribution >= 4 is 44.1 Å². The Bertz CT molecular complexity index is 361. The molecule has 0 saturated carbocycles. The second-order valence-corrected chi connectivity index (χ2v) is 4.18. The Hall–Kier alpha value is -0.880. The number of carboxylic acid groups (broad SMARTS) is 1. The fourth-order valence-electron chi connectivity index (χ4n) is 0.719. The van der Waals surface area contributed by atoms with E-state index in [4.69, 9.17) is 5.11 Å². The van der Waals surface area contributed by atoms with Crippen LogP contribution in [0.1, 0.15) is 16.6 Å². The van der Waals surface area contributed by atoms with E-state index in [1.807, 2.05) is 0 Å². The number of aromatic carboxylic acids is 1. The van der Waals surface area contributed by atoms with E-state index >= 15 is 0 Å². The lowest BCUT2D eigenvalue weighted by atomic mass is 10.5. The van der Waals surface area contributed by atoms with Crippen LogP contribution in [0.2, 0.25) is 0 Å². The highest BCUT2D eigenvalue weighted by Gasteiger charge is 2.12. The number of thiophene rings is 1. The molecule has 0 aromatic carbocycles. The molecule has 1 rings (SSSR count). The van der Waals surface area contributed by atoms with Gasteiger partial charge in [-0.1, -0.05) is 0 Å². The quantitative estimate of drug-likeness (QED) is 0.860. The van der Waals surface area contributed by atoms with E-state index in [9.17, 15) is 9.59 Å². The van der Waals surface area contributed by atoms with Crippen LogP contribution in [0.3, 0.4) is 0 Å². The van der Waals surface area contributed by atoms with Crippen LogP contribution in [0, 0.1) is 0 Å². The SMILES string of the molecule is CC(=O)Nc1sc(C(=O)O)cc1Br. The minimum atomic E-state index is -0.998. The van der Waals surface area contributed by atoms with Crippen LogP contribution in [0.15, 0.2) is 10.5 Å². The van der Waals surface area contributed by atoms with Crippen molar-refractivity contribution in [1.29, 1.82) is 0 Å². The van der Waals surface area contributed by atoms with E-state index in [1.165, 1.54) is 13.0 Å². The summed E-state index contributed by atoms with van der Waals surface area (Å²) < 4.78 is 0.588. The third-order valence-corrected chi connectivity index (χ3v) is 3.11. The Balaban J connectivity index is 2.96. The van der Waals surface area contributed by atoms with Crippen LogP contribution in [0.25, 0.3) is 0 Å². The number of nitrogens with one attached hydrogen (secondary N) is 1. The summed E-state index contributed by atoms with van der Waals surface area (Å²) >= 11 is 4.16. The predicted octanol–water partition coefficient (Wildman–Crippen LogP) is 2.17. The van der Waals surface area contributed by atoms with E-state index in [0.29, 0.717) is 9.47 Å². The summed E-state index contributed by atoms with van der Waals surface area (Å²) in [7, 11) is 0. The van der Waals surface area contributed by atoms with Gasteiger partial charge < -0.3 is 10.4 Å². The molecular weight excluding hydrogens is 258 g/mol. The van der Waals surface area contributed by atoms with Crippen molar-refractivity contribution in [3.05, 3.63) is 15.4 Å². The molecule has 0 bridgehead atoms. The van der Waals surface area contributed by atoms with Gasteiger partial charge in [-0.25, -0.2) is 4.79 Å². The molecule has 0 aliphatic rings. The highest BCUT2D eigenvalue weighted by Crippen LogP contribution is 2.32. The van der Waals surface area contributed by atoms with E-state index in [1.54, 1.807) is 0 Å². The zero-order valence-electron chi connectivity index (χ0n) is 6.63. The van der Waals surface area contributed by atoms with Crippen molar-refractivity contribution < 1.29 is 14.7 Å². The molecule has 0 radical (unpaired) electrons. The van der Waals surface area contributed by atoms with Gasteiger partial charge in [0, 0.05) is 6.92 Å². The maximum absolute atomic E-state index is 10.7. The summed E-state index contributed by atoms with van der Waals surface area (Å²) in [5.41, 5.74) is 0. The van der Waals surface area contributed by atoms with Gasteiger partial charge in [0.15, 0.2) is 0 Å². The molecule has 1 aromatic rings. The van der Waals surface area contributed by atoms with Crippen LogP contribution < -0.4 is 5.32 Å². The van der Waals surface area contributed by atoms with Gasteiger partial charge in [0.2, 0.25) is 5.91 Å². The summed E-state index contributed by atoms with van der Waals surface area (Å²) in [6.07, 6.45) is 0. The molecule has 1 heterocycles. The molecule has 0 saturated heterocycles. The maximum Gasteiger partial charge on any atom is 0.345 e. The van der Waals surface area contributed by atoms with Crippen molar-refractivity contribution in [2.45, 2.75) is 6.92 Å². The molecule has 0 spiro atoms. The van der Waals surface area contributed by atoms with Crippen molar-refractivity contribution in [3.8, 4) is 0 Å². The highest BCUT2D eigenvalue weighted by molar-refractivity contribution is 9.10. The number of amides is 1. The van der Waals surface area contributed by atoms with Gasteiger partial charge >= 0.3 is 5.97 Å². The number of carbonyl (C=O) groups is 2. The van der Waals surface area contributed by atoms with E-state index in [0.717, 1.165) is 11.3 Å². The summed E-state index contributed by atoms with van der Waals surface area (Å²) in [4.78, 5) is 21.4. The van der Waals surface area contributed by atoms with Crippen molar-refractivity contribution in [1.82, 2.24) is 0 Å². The van der Waals surface area contributed by atoms with Crippen LogP contribution in [0.4, 0.5) is 5.00 Å². The van der Waals surface area contributed by atoms with Gasteiger partial charge in [0.05, 0.1) is 4.47 Å². The average molecular weight is 264 g/mol. The maximum atomic E-state index is 10.7. The molecule has 4 nitrogen and oxygen atoms in total. The van der Waals surface area contributed by atoms with Gasteiger partial charge in [-0.2, -0.15) is 0 Å². The van der Waals surface area contributed by atoms with Crippen LogP contribution in [0.5, 0.6) is 0 Å². The number of anilines is 1. The van der Waals surface area contributed by atoms with Crippen LogP contribution in [-0.2, 0) is 4.79 Å². The Morgan fingerprint density at radius 2 is 2.23 bits per heavy atom. The molecule has 1 aromatic heterocycles. The summed E-state index contributed by atoms with van der Waals surface area (Å²) in [6.45, 7) is 1.37. The minimum Gasteiger partial charge on any atom is -0.477 e. The first kappa shape index (κ1) is 10.2. The molecule has 2 N–H and O–H groups in total. The van der Waals surface area contributed by atoms with Gasteiger partial charge in [0.25, 0.3) is 0 Å². The molecule has 0 unspecified atom stereocenters. The fourth-order valence-corrected chi connectivity index (χ4v) is 2.28. The summed E-state index contributed by atoms with van der Waals surface area (Å²) in [5.74, 6) is -1.22. The number of rotatable bonds is 2. The predicted molar refractivity (Wildman–Crippen MR) is 53.3 cm³/mol. The first-order valence-corrected chi connectivity index (χ1v) is 4.92. The largest absolute Gasteiger partial charge is 0.477 e. The monoisotopic (exact) mass is 263 g/mol. The van der Waals surface area contributed by atoms with Crippen LogP contribution in [-0.4, -0.2) is 17.0 Å². The number of hydrogen-bond donors (Lipinski definition) is 2. The van der Waals surface area contributed by atoms with Gasteiger partial charge in [-0.05, 0) is 22.0 Å². The summed E-state index contributed by atoms with van der Waals surface area (Å²) in [5, 5.41) is 11.7. The summed E-state index contributed by atoms with van der Waals surface area (Å²) in [6, 6.07) is 1.46. The Morgan fingerprint density at radius 1 is 1.62 bits per heavy atom. The second-order valence-electron chi connectivity index (χ2n) is 2.27. The Kier molecular flexibility index (Phi) is 3.05. The van der Waals surface area contributed by atoms with E-state index < -0.39 is 5.97 Å². The number of carbonyl (C=O) groups excluding carboxylic acids is 1. The standard InChI is InChI=1S/C7H6BrNO3S/c1-3(10)9-6-4(8)2-5(13-6)7(11)12/h2H,1H3,(H,9,10)(H,11,12). The molecule has 0 fully saturated rings. The molecule has 0 aliphatic carbocycles. The number of halogens is 1. The molecule has 0 atom stereocenters. The highest BCUT2D eigenvalue weighted by atomic mass is 79.9. The minimum absolute atomic E-state index is 0.190. The lowest BCUT2D eigenvalue weighted by molar-refractivity contribution is -0.114. The Labute approximate surface area is 86.7 Å². The zero-order chi connectivity index (χ0) is 10.0. The third kappa shape index (κ3) is 2.53. The first-order valence-electron chi connectivity index (χ1n) is 3.31. The normalized spacial score (nSPS) is 9.69. The fraction of sp³-hybridized carbons (Fsp3) is 0.143. The van der Waals surface area contributed by atoms with Gasteiger partial charge in [0.1, 0.15) is 9.88 Å². The van der Waals surface area contributed by atoms with Crippen LogP contribution >= 0.6 is 27.3 Å². The number of carboxylic acids is 1. The van der Waals surface area contributed by atoms with E-state index in [2.05, 4.69) is 21.2 Å². The second kappa shape index (κ2) is 3.89. The van der Waals surface area contributed by atoms with E-state index in [-0.39, 0.29) is 10.8 Å². The molecule has 13 heavy (non-hydrogen) atoms. The molecule has 6 heteroatoms. The molecule has 0 aliphatic heterocycles. The van der Waals surface area contributed by atoms with Gasteiger partial charge in [-0.15, -0.1) is 11.3 Å². The van der Waals surface area contributed by atoms with Crippen molar-refractivity contribution in [3.63, 3.8) is 0 Å². The lowest BCUT2D eigenvalue weighted by Gasteiger charge is -1.96. The van der Waals surface area contributed by atoms with Crippen molar-refractivity contribution in [2.75, 3.05) is 5.32 Å². The number of hydrogen-bond acceptors (Lipinski definition) is 3. The molecule has 70 valence electrons. The van der Waals surface area contributed by atoms with Gasteiger partial charge in [-0.3, -0.25) is 4.79 Å². The molecule has 1 amide bonds. The Morgan fingerprint density at radius 3 is 2.62 bits per heavy atom. The first-order chi connectivity index (χ1) is 6.00. The topological polar surface area (TPSA) is 66.4 Å². The van der Waals surface area contributed by atoms with Crippen molar-refractivity contribution in [2.24, 2.45) is 0 Å². The molecular formula is C7H6BrNO3S. The average Bonchev–Trinajstić information content (AvgIpc) is 2.31. The lowest BCUT2D eigenvalue weighted by Crippen LogP contribution is -2.04. The zero-order valence-corrected chi connectivity index (χ0v) is 9.03.